The van der Waals surface area contributed by atoms with E-state index in [4.69, 9.17) is 16.0 Å². The summed E-state index contributed by atoms with van der Waals surface area (Å²) in [5, 5.41) is 3.04. The van der Waals surface area contributed by atoms with Crippen LogP contribution in [0.5, 0.6) is 0 Å². The van der Waals surface area contributed by atoms with Gasteiger partial charge in [0.15, 0.2) is 11.0 Å². The molecule has 0 aliphatic heterocycles. The van der Waals surface area contributed by atoms with Gasteiger partial charge in [0, 0.05) is 4.47 Å². The maximum atomic E-state index is 11.8. The second-order valence-electron chi connectivity index (χ2n) is 3.85. The van der Waals surface area contributed by atoms with Crippen LogP contribution in [0.25, 0.3) is 0 Å². The van der Waals surface area contributed by atoms with Crippen LogP contribution in [0.1, 0.15) is 29.1 Å². The van der Waals surface area contributed by atoms with Crippen molar-refractivity contribution in [1.29, 1.82) is 0 Å². The minimum absolute atomic E-state index is 0.102. The molecule has 1 aromatic heterocycles. The quantitative estimate of drug-likeness (QED) is 0.918. The van der Waals surface area contributed by atoms with Crippen molar-refractivity contribution >= 4 is 33.4 Å². The minimum atomic E-state index is -0.280. The monoisotopic (exact) mass is 327 g/mol. The van der Waals surface area contributed by atoms with Gasteiger partial charge in [-0.15, -0.1) is 0 Å². The molecule has 0 radical (unpaired) electrons. The van der Waals surface area contributed by atoms with Crippen LogP contribution in [0, 0.1) is 0 Å². The first kappa shape index (κ1) is 13.2. The highest BCUT2D eigenvalue weighted by Gasteiger charge is 2.14. The molecule has 3 nitrogen and oxygen atoms in total. The molecule has 1 N–H and O–H groups in total. The molecule has 0 spiro atoms. The van der Waals surface area contributed by atoms with Crippen LogP contribution in [-0.2, 0) is 0 Å². The number of carbonyl (C=O) groups excluding carboxylic acids is 1. The van der Waals surface area contributed by atoms with Gasteiger partial charge in [0.2, 0.25) is 0 Å². The lowest BCUT2D eigenvalue weighted by atomic mass is 10.1. The molecule has 5 heteroatoms. The van der Waals surface area contributed by atoms with E-state index in [2.05, 4.69) is 21.2 Å². The van der Waals surface area contributed by atoms with E-state index < -0.39 is 0 Å². The Labute approximate surface area is 118 Å². The van der Waals surface area contributed by atoms with E-state index in [1.807, 2.05) is 31.2 Å². The van der Waals surface area contributed by atoms with Gasteiger partial charge in [-0.1, -0.05) is 28.1 Å². The molecule has 94 valence electrons. The summed E-state index contributed by atoms with van der Waals surface area (Å²) in [6.07, 6.45) is 0. The summed E-state index contributed by atoms with van der Waals surface area (Å²) in [7, 11) is 0. The Kier molecular flexibility index (Phi) is 4.09. The standard InChI is InChI=1S/C13H11BrClNO2/c1-8(9-2-4-10(14)5-3-9)16-13(17)11-6-7-12(15)18-11/h2-8H,1H3,(H,16,17)/t8-/m0/s1. The number of benzene rings is 1. The Morgan fingerprint density at radius 1 is 1.28 bits per heavy atom. The number of halogens is 2. The van der Waals surface area contributed by atoms with Gasteiger partial charge in [-0.25, -0.2) is 0 Å². The Balaban J connectivity index is 2.05. The third-order valence-electron chi connectivity index (χ3n) is 2.51. The van der Waals surface area contributed by atoms with Crippen molar-refractivity contribution in [3.63, 3.8) is 0 Å². The zero-order chi connectivity index (χ0) is 13.1. The second-order valence-corrected chi connectivity index (χ2v) is 5.14. The van der Waals surface area contributed by atoms with E-state index in [1.165, 1.54) is 0 Å². The van der Waals surface area contributed by atoms with Crippen molar-refractivity contribution in [1.82, 2.24) is 5.32 Å². The number of hydrogen-bond donors (Lipinski definition) is 1. The molecule has 0 fully saturated rings. The van der Waals surface area contributed by atoms with Crippen LogP contribution in [0.15, 0.2) is 45.3 Å². The van der Waals surface area contributed by atoms with E-state index in [1.54, 1.807) is 12.1 Å². The number of amides is 1. The van der Waals surface area contributed by atoms with Crippen LogP contribution < -0.4 is 5.32 Å². The molecule has 0 aliphatic rings. The molecule has 2 rings (SSSR count). The molecular formula is C13H11BrClNO2. The van der Waals surface area contributed by atoms with E-state index in [9.17, 15) is 4.79 Å². The second kappa shape index (κ2) is 5.59. The van der Waals surface area contributed by atoms with Crippen LogP contribution in [0.2, 0.25) is 5.22 Å². The number of rotatable bonds is 3. The minimum Gasteiger partial charge on any atom is -0.440 e. The first-order valence-electron chi connectivity index (χ1n) is 5.38. The number of nitrogens with one attached hydrogen (secondary N) is 1. The highest BCUT2D eigenvalue weighted by atomic mass is 79.9. The molecule has 2 aromatic rings. The fourth-order valence-corrected chi connectivity index (χ4v) is 1.95. The first-order chi connectivity index (χ1) is 8.56. The maximum Gasteiger partial charge on any atom is 0.287 e. The molecule has 0 unspecified atom stereocenters. The molecule has 18 heavy (non-hydrogen) atoms. The van der Waals surface area contributed by atoms with E-state index in [0.29, 0.717) is 0 Å². The van der Waals surface area contributed by atoms with Crippen molar-refractivity contribution in [2.45, 2.75) is 13.0 Å². The Hall–Kier alpha value is -1.26. The molecule has 1 amide bonds. The van der Waals surface area contributed by atoms with E-state index in [0.717, 1.165) is 10.0 Å². The van der Waals surface area contributed by atoms with Crippen molar-refractivity contribution in [3.05, 3.63) is 57.4 Å². The molecule has 0 saturated heterocycles. The van der Waals surface area contributed by atoms with Gasteiger partial charge in [-0.3, -0.25) is 4.79 Å². The lowest BCUT2D eigenvalue weighted by Gasteiger charge is -2.13. The van der Waals surface area contributed by atoms with Gasteiger partial charge in [0.1, 0.15) is 0 Å². The smallest absolute Gasteiger partial charge is 0.287 e. The van der Waals surface area contributed by atoms with Gasteiger partial charge in [-0.2, -0.15) is 0 Å². The van der Waals surface area contributed by atoms with Crippen molar-refractivity contribution in [2.24, 2.45) is 0 Å². The molecule has 1 heterocycles. The average molecular weight is 329 g/mol. The maximum absolute atomic E-state index is 11.8. The average Bonchev–Trinajstić information content (AvgIpc) is 2.76. The topological polar surface area (TPSA) is 42.2 Å². The van der Waals surface area contributed by atoms with Crippen LogP contribution in [0.4, 0.5) is 0 Å². The van der Waals surface area contributed by atoms with Gasteiger partial charge >= 0.3 is 0 Å². The van der Waals surface area contributed by atoms with Crippen LogP contribution in [0.3, 0.4) is 0 Å². The zero-order valence-corrected chi connectivity index (χ0v) is 12.0. The molecule has 1 aromatic carbocycles. The normalized spacial score (nSPS) is 12.2. The Morgan fingerprint density at radius 2 is 1.94 bits per heavy atom. The highest BCUT2D eigenvalue weighted by molar-refractivity contribution is 9.10. The lowest BCUT2D eigenvalue weighted by Crippen LogP contribution is -2.26. The fraction of sp³-hybridized carbons (Fsp3) is 0.154. The van der Waals surface area contributed by atoms with Crippen LogP contribution in [-0.4, -0.2) is 5.91 Å². The number of carbonyl (C=O) groups is 1. The number of hydrogen-bond acceptors (Lipinski definition) is 2. The first-order valence-corrected chi connectivity index (χ1v) is 6.55. The summed E-state index contributed by atoms with van der Waals surface area (Å²) >= 11 is 8.99. The summed E-state index contributed by atoms with van der Waals surface area (Å²) in [5.41, 5.74) is 1.02. The molecular weight excluding hydrogens is 318 g/mol. The Morgan fingerprint density at radius 3 is 2.50 bits per heavy atom. The summed E-state index contributed by atoms with van der Waals surface area (Å²) < 4.78 is 6.05. The largest absolute Gasteiger partial charge is 0.440 e. The van der Waals surface area contributed by atoms with E-state index >= 15 is 0 Å². The van der Waals surface area contributed by atoms with Crippen molar-refractivity contribution in [3.8, 4) is 0 Å². The van der Waals surface area contributed by atoms with Gasteiger partial charge in [0.05, 0.1) is 6.04 Å². The third kappa shape index (κ3) is 3.15. The SMILES string of the molecule is C[C@H](NC(=O)c1ccc(Cl)o1)c1ccc(Br)cc1. The highest BCUT2D eigenvalue weighted by Crippen LogP contribution is 2.18. The summed E-state index contributed by atoms with van der Waals surface area (Å²) in [6, 6.07) is 10.7. The molecule has 0 saturated carbocycles. The summed E-state index contributed by atoms with van der Waals surface area (Å²) in [6.45, 7) is 1.91. The summed E-state index contributed by atoms with van der Waals surface area (Å²) in [4.78, 5) is 11.8. The fourth-order valence-electron chi connectivity index (χ4n) is 1.54. The molecule has 0 aliphatic carbocycles. The Bertz CT molecular complexity index is 550. The van der Waals surface area contributed by atoms with Gasteiger partial charge in [-0.05, 0) is 48.4 Å². The third-order valence-corrected chi connectivity index (χ3v) is 3.25. The van der Waals surface area contributed by atoms with Crippen molar-refractivity contribution < 1.29 is 9.21 Å². The predicted molar refractivity (Wildman–Crippen MR) is 73.7 cm³/mol. The zero-order valence-electron chi connectivity index (χ0n) is 9.61. The predicted octanol–water partition coefficient (Wildman–Crippen LogP) is 4.19. The lowest BCUT2D eigenvalue weighted by molar-refractivity contribution is 0.0912. The van der Waals surface area contributed by atoms with Gasteiger partial charge in [0.25, 0.3) is 5.91 Å². The molecule has 0 bridgehead atoms. The van der Waals surface area contributed by atoms with E-state index in [-0.39, 0.29) is 22.9 Å². The van der Waals surface area contributed by atoms with Crippen LogP contribution >= 0.6 is 27.5 Å². The summed E-state index contributed by atoms with van der Waals surface area (Å²) in [5.74, 6) is -0.0683. The molecule has 1 atom stereocenters. The number of furan rings is 1. The van der Waals surface area contributed by atoms with Gasteiger partial charge < -0.3 is 9.73 Å². The van der Waals surface area contributed by atoms with Crippen molar-refractivity contribution in [2.75, 3.05) is 0 Å².